The van der Waals surface area contributed by atoms with Gasteiger partial charge in [-0.3, -0.25) is 0 Å². The topological polar surface area (TPSA) is 103 Å². The zero-order chi connectivity index (χ0) is 21.1. The summed E-state index contributed by atoms with van der Waals surface area (Å²) < 4.78 is 36.8. The molecule has 28 heavy (non-hydrogen) atoms. The van der Waals surface area contributed by atoms with Crippen LogP contribution in [0.1, 0.15) is 56.7 Å². The minimum atomic E-state index is -3.73. The Morgan fingerprint density at radius 2 is 1.89 bits per heavy atom. The van der Waals surface area contributed by atoms with Crippen molar-refractivity contribution in [2.75, 3.05) is 13.1 Å². The van der Waals surface area contributed by atoms with Crippen molar-refractivity contribution < 1.29 is 22.5 Å². The van der Waals surface area contributed by atoms with Crippen LogP contribution >= 0.6 is 11.6 Å². The third-order valence-corrected chi connectivity index (χ3v) is 6.34. The molecule has 0 amide bonds. The van der Waals surface area contributed by atoms with Crippen molar-refractivity contribution in [2.24, 2.45) is 0 Å². The summed E-state index contributed by atoms with van der Waals surface area (Å²) >= 11 is 6.07. The maximum atomic E-state index is 12.7. The molecule has 0 spiro atoms. The third-order valence-electron chi connectivity index (χ3n) is 3.97. The Bertz CT molecular complexity index is 946. The van der Waals surface area contributed by atoms with Crippen molar-refractivity contribution in [3.05, 3.63) is 40.5 Å². The summed E-state index contributed by atoms with van der Waals surface area (Å²) in [6.45, 7) is 9.64. The molecule has 0 aliphatic rings. The number of aromatic nitrogens is 2. The van der Waals surface area contributed by atoms with E-state index in [9.17, 15) is 13.2 Å². The average Bonchev–Trinajstić information content (AvgIpc) is 3.10. The molecule has 0 aliphatic heterocycles. The molecule has 8 nitrogen and oxygen atoms in total. The van der Waals surface area contributed by atoms with Crippen molar-refractivity contribution in [1.29, 1.82) is 0 Å². The van der Waals surface area contributed by atoms with Crippen LogP contribution in [0.4, 0.5) is 0 Å². The fourth-order valence-corrected chi connectivity index (χ4v) is 4.04. The third kappa shape index (κ3) is 4.89. The molecule has 10 heteroatoms. The number of ether oxygens (including phenoxy) is 1. The Balaban J connectivity index is 2.20. The van der Waals surface area contributed by atoms with Crippen molar-refractivity contribution in [2.45, 2.75) is 51.5 Å². The van der Waals surface area contributed by atoms with Crippen LogP contribution in [0.5, 0.6) is 0 Å². The van der Waals surface area contributed by atoms with Crippen LogP contribution in [0.15, 0.2) is 27.6 Å². The van der Waals surface area contributed by atoms with E-state index >= 15 is 0 Å². The van der Waals surface area contributed by atoms with Crippen molar-refractivity contribution >= 4 is 27.6 Å². The Labute approximate surface area is 169 Å². The lowest BCUT2D eigenvalue weighted by Crippen LogP contribution is -2.30. The first-order chi connectivity index (χ1) is 13.0. The number of carbonyl (C=O) groups is 1. The van der Waals surface area contributed by atoms with E-state index in [2.05, 4.69) is 10.1 Å². The second kappa shape index (κ2) is 8.59. The molecular formula is C18H24ClN3O5S. The van der Waals surface area contributed by atoms with Crippen LogP contribution in [0.2, 0.25) is 5.02 Å². The van der Waals surface area contributed by atoms with E-state index in [1.54, 1.807) is 13.8 Å². The van der Waals surface area contributed by atoms with Gasteiger partial charge in [-0.05, 0) is 18.2 Å². The summed E-state index contributed by atoms with van der Waals surface area (Å²) in [7, 11) is -3.73. The predicted octanol–water partition coefficient (Wildman–Crippen LogP) is 3.41. The maximum Gasteiger partial charge on any atom is 0.340 e. The van der Waals surface area contributed by atoms with Gasteiger partial charge in [0.15, 0.2) is 12.4 Å². The van der Waals surface area contributed by atoms with Gasteiger partial charge in [-0.15, -0.1) is 0 Å². The summed E-state index contributed by atoms with van der Waals surface area (Å²) in [5.41, 5.74) is -0.354. The molecule has 0 fully saturated rings. The van der Waals surface area contributed by atoms with Gasteiger partial charge in [0.25, 0.3) is 5.89 Å². The molecule has 0 unspecified atom stereocenters. The van der Waals surface area contributed by atoms with E-state index in [-0.39, 0.29) is 33.4 Å². The number of hydrogen-bond donors (Lipinski definition) is 0. The summed E-state index contributed by atoms with van der Waals surface area (Å²) in [6.07, 6.45) is 0. The first kappa shape index (κ1) is 22.3. The molecule has 0 N–H and O–H groups in total. The first-order valence-corrected chi connectivity index (χ1v) is 10.6. The molecule has 2 aromatic rings. The van der Waals surface area contributed by atoms with Gasteiger partial charge in [0, 0.05) is 18.5 Å². The Kier molecular flexibility index (Phi) is 6.84. The quantitative estimate of drug-likeness (QED) is 0.621. The van der Waals surface area contributed by atoms with Crippen LogP contribution in [-0.4, -0.2) is 41.9 Å². The minimum Gasteiger partial charge on any atom is -0.452 e. The first-order valence-electron chi connectivity index (χ1n) is 8.80. The van der Waals surface area contributed by atoms with Crippen LogP contribution in [0.3, 0.4) is 0 Å². The highest BCUT2D eigenvalue weighted by Crippen LogP contribution is 2.24. The molecule has 1 heterocycles. The monoisotopic (exact) mass is 429 g/mol. The lowest BCUT2D eigenvalue weighted by atomic mass is 9.96. The maximum absolute atomic E-state index is 12.7. The normalized spacial score (nSPS) is 12.4. The summed E-state index contributed by atoms with van der Waals surface area (Å²) in [4.78, 5) is 16.6. The van der Waals surface area contributed by atoms with Gasteiger partial charge in [-0.1, -0.05) is 51.4 Å². The summed E-state index contributed by atoms with van der Waals surface area (Å²) in [6, 6.07) is 3.94. The van der Waals surface area contributed by atoms with Crippen LogP contribution in [0.25, 0.3) is 0 Å². The number of sulfonamides is 1. The molecular weight excluding hydrogens is 406 g/mol. The Morgan fingerprint density at radius 1 is 1.25 bits per heavy atom. The van der Waals surface area contributed by atoms with E-state index in [1.807, 2.05) is 20.8 Å². The number of rotatable bonds is 7. The highest BCUT2D eigenvalue weighted by atomic mass is 35.5. The van der Waals surface area contributed by atoms with E-state index in [4.69, 9.17) is 20.9 Å². The van der Waals surface area contributed by atoms with E-state index in [0.29, 0.717) is 18.9 Å². The summed E-state index contributed by atoms with van der Waals surface area (Å²) in [5, 5.41) is 3.94. The minimum absolute atomic E-state index is 0.0274. The largest absolute Gasteiger partial charge is 0.452 e. The molecule has 1 aromatic carbocycles. The number of hydrogen-bond acceptors (Lipinski definition) is 7. The lowest BCUT2D eigenvalue weighted by Gasteiger charge is -2.18. The van der Waals surface area contributed by atoms with Crippen LogP contribution in [-0.2, 0) is 26.8 Å². The number of esters is 1. The Morgan fingerprint density at radius 3 is 2.43 bits per heavy atom. The van der Waals surface area contributed by atoms with Crippen molar-refractivity contribution in [1.82, 2.24) is 14.4 Å². The standard InChI is InChI=1S/C18H24ClN3O5S/c1-6-22(7-2)28(24,25)12-8-9-14(19)13(10-12)16(23)26-11-15-20-17(21-27-15)18(3,4)5/h8-10H,6-7,11H2,1-5H3. The van der Waals surface area contributed by atoms with Gasteiger partial charge in [0.1, 0.15) is 0 Å². The highest BCUT2D eigenvalue weighted by Gasteiger charge is 2.25. The predicted molar refractivity (Wildman–Crippen MR) is 104 cm³/mol. The fourth-order valence-electron chi connectivity index (χ4n) is 2.36. The van der Waals surface area contributed by atoms with Crippen LogP contribution in [0, 0.1) is 0 Å². The number of carbonyl (C=O) groups excluding carboxylic acids is 1. The van der Waals surface area contributed by atoms with E-state index < -0.39 is 16.0 Å². The molecule has 0 bridgehead atoms. The van der Waals surface area contributed by atoms with Gasteiger partial charge in [-0.25, -0.2) is 13.2 Å². The number of benzene rings is 1. The number of nitrogens with zero attached hydrogens (tertiary/aromatic N) is 3. The molecule has 0 atom stereocenters. The van der Waals surface area contributed by atoms with Gasteiger partial charge in [-0.2, -0.15) is 9.29 Å². The van der Waals surface area contributed by atoms with Gasteiger partial charge < -0.3 is 9.26 Å². The molecule has 0 saturated heterocycles. The second-order valence-electron chi connectivity index (χ2n) is 7.07. The second-order valence-corrected chi connectivity index (χ2v) is 9.41. The molecule has 0 radical (unpaired) electrons. The molecule has 154 valence electrons. The molecule has 0 aliphatic carbocycles. The highest BCUT2D eigenvalue weighted by molar-refractivity contribution is 7.89. The number of halogens is 1. The van der Waals surface area contributed by atoms with Gasteiger partial charge in [0.05, 0.1) is 15.5 Å². The van der Waals surface area contributed by atoms with Gasteiger partial charge in [0.2, 0.25) is 10.0 Å². The average molecular weight is 430 g/mol. The molecule has 1 aromatic heterocycles. The smallest absolute Gasteiger partial charge is 0.340 e. The lowest BCUT2D eigenvalue weighted by molar-refractivity contribution is 0.0429. The molecule has 2 rings (SSSR count). The van der Waals surface area contributed by atoms with Gasteiger partial charge >= 0.3 is 5.97 Å². The van der Waals surface area contributed by atoms with Crippen molar-refractivity contribution in [3.8, 4) is 0 Å². The fraction of sp³-hybridized carbons (Fsp3) is 0.500. The summed E-state index contributed by atoms with van der Waals surface area (Å²) in [5.74, 6) is -0.151. The SMILES string of the molecule is CCN(CC)S(=O)(=O)c1ccc(Cl)c(C(=O)OCc2nc(C(C)(C)C)no2)c1. The van der Waals surface area contributed by atoms with E-state index in [1.165, 1.54) is 22.5 Å². The van der Waals surface area contributed by atoms with Crippen LogP contribution < -0.4 is 0 Å². The zero-order valence-corrected chi connectivity index (χ0v) is 18.1. The Hall–Kier alpha value is -1.97. The van der Waals surface area contributed by atoms with Crippen molar-refractivity contribution in [3.63, 3.8) is 0 Å². The zero-order valence-electron chi connectivity index (χ0n) is 16.5. The van der Waals surface area contributed by atoms with E-state index in [0.717, 1.165) is 0 Å². The molecule has 0 saturated carbocycles.